The molecule has 1 N–H and O–H groups in total. The molecule has 1 amide bonds. The highest BCUT2D eigenvalue weighted by molar-refractivity contribution is 5.77. The molecule has 0 aliphatic carbocycles. The number of benzene rings is 1. The highest BCUT2D eigenvalue weighted by Crippen LogP contribution is 2.18. The maximum absolute atomic E-state index is 13.0. The molecule has 0 aromatic heterocycles. The van der Waals surface area contributed by atoms with E-state index in [0.717, 1.165) is 5.56 Å². The lowest BCUT2D eigenvalue weighted by Crippen LogP contribution is -2.38. The number of halogens is 1. The van der Waals surface area contributed by atoms with Gasteiger partial charge < -0.3 is 14.8 Å². The van der Waals surface area contributed by atoms with Crippen molar-refractivity contribution in [3.63, 3.8) is 0 Å². The Morgan fingerprint density at radius 2 is 2.22 bits per heavy atom. The van der Waals surface area contributed by atoms with Crippen molar-refractivity contribution in [1.82, 2.24) is 5.32 Å². The van der Waals surface area contributed by atoms with Gasteiger partial charge in [0.25, 0.3) is 5.91 Å². The Morgan fingerprint density at radius 3 is 2.89 bits per heavy atom. The molecule has 1 rings (SSSR count). The standard InChI is InChI=1S/C13H18FNO3/c1-9-4-5-11(14)6-12(9)18-8-13(16)15-10(2)7-17-3/h4-6,10H,7-8H2,1-3H3,(H,15,16). The number of hydrogen-bond acceptors (Lipinski definition) is 3. The summed E-state index contributed by atoms with van der Waals surface area (Å²) in [4.78, 5) is 11.5. The summed E-state index contributed by atoms with van der Waals surface area (Å²) in [5, 5.41) is 2.70. The Kier molecular flexibility index (Phi) is 5.58. The van der Waals surface area contributed by atoms with Crippen LogP contribution in [0.3, 0.4) is 0 Å². The van der Waals surface area contributed by atoms with Crippen molar-refractivity contribution in [2.75, 3.05) is 20.3 Å². The Hall–Kier alpha value is -1.62. The second kappa shape index (κ2) is 6.96. The fourth-order valence-electron chi connectivity index (χ4n) is 1.48. The minimum absolute atomic E-state index is 0.0836. The van der Waals surface area contributed by atoms with Gasteiger partial charge in [-0.05, 0) is 25.5 Å². The van der Waals surface area contributed by atoms with Crippen LogP contribution in [0.2, 0.25) is 0 Å². The van der Waals surface area contributed by atoms with E-state index in [9.17, 15) is 9.18 Å². The van der Waals surface area contributed by atoms with Gasteiger partial charge in [0.2, 0.25) is 0 Å². The monoisotopic (exact) mass is 255 g/mol. The van der Waals surface area contributed by atoms with Gasteiger partial charge in [-0.25, -0.2) is 4.39 Å². The van der Waals surface area contributed by atoms with Crippen LogP contribution < -0.4 is 10.1 Å². The first-order chi connectivity index (χ1) is 8.52. The van der Waals surface area contributed by atoms with Crippen LogP contribution in [-0.4, -0.2) is 32.3 Å². The lowest BCUT2D eigenvalue weighted by molar-refractivity contribution is -0.124. The molecule has 0 bridgehead atoms. The SMILES string of the molecule is COCC(C)NC(=O)COc1cc(F)ccc1C. The number of aryl methyl sites for hydroxylation is 1. The molecule has 0 aliphatic rings. The van der Waals surface area contributed by atoms with Gasteiger partial charge >= 0.3 is 0 Å². The zero-order chi connectivity index (χ0) is 13.5. The quantitative estimate of drug-likeness (QED) is 0.841. The first-order valence-corrected chi connectivity index (χ1v) is 5.70. The van der Waals surface area contributed by atoms with Crippen molar-refractivity contribution in [2.24, 2.45) is 0 Å². The molecule has 100 valence electrons. The summed E-state index contributed by atoms with van der Waals surface area (Å²) in [5.74, 6) is -0.267. The van der Waals surface area contributed by atoms with E-state index in [2.05, 4.69) is 5.32 Å². The summed E-state index contributed by atoms with van der Waals surface area (Å²) in [6, 6.07) is 4.14. The highest BCUT2D eigenvalue weighted by Gasteiger charge is 2.09. The van der Waals surface area contributed by atoms with Gasteiger partial charge in [0, 0.05) is 19.2 Å². The van der Waals surface area contributed by atoms with E-state index in [4.69, 9.17) is 9.47 Å². The van der Waals surface area contributed by atoms with Crippen LogP contribution in [-0.2, 0) is 9.53 Å². The van der Waals surface area contributed by atoms with E-state index < -0.39 is 0 Å². The van der Waals surface area contributed by atoms with Crippen LogP contribution >= 0.6 is 0 Å². The molecular weight excluding hydrogens is 237 g/mol. The second-order valence-electron chi connectivity index (χ2n) is 4.12. The van der Waals surface area contributed by atoms with E-state index in [1.54, 1.807) is 20.1 Å². The number of nitrogens with one attached hydrogen (secondary N) is 1. The Bertz CT molecular complexity index is 409. The van der Waals surface area contributed by atoms with E-state index in [0.29, 0.717) is 12.4 Å². The maximum Gasteiger partial charge on any atom is 0.258 e. The Balaban J connectivity index is 2.45. The van der Waals surface area contributed by atoms with Crippen LogP contribution in [0.4, 0.5) is 4.39 Å². The zero-order valence-electron chi connectivity index (χ0n) is 10.8. The van der Waals surface area contributed by atoms with Gasteiger partial charge in [0.05, 0.1) is 6.61 Å². The van der Waals surface area contributed by atoms with Crippen molar-refractivity contribution in [3.8, 4) is 5.75 Å². The first-order valence-electron chi connectivity index (χ1n) is 5.70. The molecular formula is C13H18FNO3. The second-order valence-corrected chi connectivity index (χ2v) is 4.12. The van der Waals surface area contributed by atoms with E-state index in [1.165, 1.54) is 12.1 Å². The molecule has 0 heterocycles. The predicted octanol–water partition coefficient (Wildman–Crippen LogP) is 1.66. The van der Waals surface area contributed by atoms with Crippen LogP contribution in [0.15, 0.2) is 18.2 Å². The smallest absolute Gasteiger partial charge is 0.258 e. The van der Waals surface area contributed by atoms with Crippen LogP contribution in [0.25, 0.3) is 0 Å². The highest BCUT2D eigenvalue weighted by atomic mass is 19.1. The van der Waals surface area contributed by atoms with Crippen molar-refractivity contribution < 1.29 is 18.7 Å². The lowest BCUT2D eigenvalue weighted by atomic mass is 10.2. The normalized spacial score (nSPS) is 12.0. The van der Waals surface area contributed by atoms with Gasteiger partial charge in [0.15, 0.2) is 6.61 Å². The molecule has 0 spiro atoms. The van der Waals surface area contributed by atoms with Gasteiger partial charge in [-0.2, -0.15) is 0 Å². The number of carbonyl (C=O) groups excluding carboxylic acids is 1. The number of methoxy groups -OCH3 is 1. The largest absolute Gasteiger partial charge is 0.483 e. The molecule has 0 radical (unpaired) electrons. The number of amides is 1. The third-order valence-corrected chi connectivity index (χ3v) is 2.33. The summed E-state index contributed by atoms with van der Waals surface area (Å²) >= 11 is 0. The molecule has 0 fully saturated rings. The molecule has 4 nitrogen and oxygen atoms in total. The van der Waals surface area contributed by atoms with E-state index in [1.807, 2.05) is 6.92 Å². The lowest BCUT2D eigenvalue weighted by Gasteiger charge is -2.14. The van der Waals surface area contributed by atoms with E-state index >= 15 is 0 Å². The third kappa shape index (κ3) is 4.71. The first kappa shape index (κ1) is 14.4. The zero-order valence-corrected chi connectivity index (χ0v) is 10.8. The number of hydrogen-bond donors (Lipinski definition) is 1. The summed E-state index contributed by atoms with van der Waals surface area (Å²) in [7, 11) is 1.56. The van der Waals surface area contributed by atoms with Gasteiger partial charge in [-0.15, -0.1) is 0 Å². The average molecular weight is 255 g/mol. The minimum Gasteiger partial charge on any atom is -0.483 e. The number of carbonyl (C=O) groups is 1. The average Bonchev–Trinajstić information content (AvgIpc) is 2.30. The van der Waals surface area contributed by atoms with Crippen LogP contribution in [0, 0.1) is 12.7 Å². The van der Waals surface area contributed by atoms with E-state index in [-0.39, 0.29) is 24.4 Å². The number of ether oxygens (including phenoxy) is 2. The summed E-state index contributed by atoms with van der Waals surface area (Å²) < 4.78 is 23.1. The van der Waals surface area contributed by atoms with Crippen molar-refractivity contribution in [1.29, 1.82) is 0 Å². The molecule has 1 atom stereocenters. The fourth-order valence-corrected chi connectivity index (χ4v) is 1.48. The van der Waals surface area contributed by atoms with Crippen molar-refractivity contribution in [3.05, 3.63) is 29.6 Å². The molecule has 1 unspecified atom stereocenters. The molecule has 0 aliphatic heterocycles. The topological polar surface area (TPSA) is 47.6 Å². The van der Waals surface area contributed by atoms with Crippen molar-refractivity contribution in [2.45, 2.75) is 19.9 Å². The molecule has 0 saturated carbocycles. The fraction of sp³-hybridized carbons (Fsp3) is 0.462. The van der Waals surface area contributed by atoms with Crippen LogP contribution in [0.5, 0.6) is 5.75 Å². The molecule has 5 heteroatoms. The van der Waals surface area contributed by atoms with Gasteiger partial charge in [-0.3, -0.25) is 4.79 Å². The minimum atomic E-state index is -0.385. The summed E-state index contributed by atoms with van der Waals surface area (Å²) in [6.07, 6.45) is 0. The van der Waals surface area contributed by atoms with Gasteiger partial charge in [-0.1, -0.05) is 6.07 Å². The Labute approximate surface area is 106 Å². The molecule has 0 saturated heterocycles. The molecule has 1 aromatic rings. The summed E-state index contributed by atoms with van der Waals surface area (Å²) in [5.41, 5.74) is 0.786. The van der Waals surface area contributed by atoms with Gasteiger partial charge in [0.1, 0.15) is 11.6 Å². The van der Waals surface area contributed by atoms with Crippen molar-refractivity contribution >= 4 is 5.91 Å². The molecule has 18 heavy (non-hydrogen) atoms. The maximum atomic E-state index is 13.0. The molecule has 1 aromatic carbocycles. The third-order valence-electron chi connectivity index (χ3n) is 2.33. The van der Waals surface area contributed by atoms with Crippen LogP contribution in [0.1, 0.15) is 12.5 Å². The Morgan fingerprint density at radius 1 is 1.50 bits per heavy atom. The summed E-state index contributed by atoms with van der Waals surface area (Å²) in [6.45, 7) is 3.91. The predicted molar refractivity (Wildman–Crippen MR) is 66.1 cm³/mol. The number of rotatable bonds is 6.